The highest BCUT2D eigenvalue weighted by atomic mass is 35.5. The summed E-state index contributed by atoms with van der Waals surface area (Å²) in [5.41, 5.74) is 1.45. The van der Waals surface area contributed by atoms with E-state index in [-0.39, 0.29) is 6.42 Å². The summed E-state index contributed by atoms with van der Waals surface area (Å²) in [5, 5.41) is 13.0. The summed E-state index contributed by atoms with van der Waals surface area (Å²) < 4.78 is 0. The van der Waals surface area contributed by atoms with Crippen LogP contribution in [0, 0.1) is 11.3 Å². The van der Waals surface area contributed by atoms with Crippen molar-refractivity contribution in [1.29, 1.82) is 5.26 Å². The molecule has 0 fully saturated rings. The van der Waals surface area contributed by atoms with Gasteiger partial charge >= 0.3 is 0 Å². The molecule has 0 aromatic heterocycles. The molecular weight excluding hydrogens is 200 g/mol. The fourth-order valence-electron chi connectivity index (χ4n) is 1.01. The first kappa shape index (κ1) is 10.6. The average molecular weight is 209 g/mol. The number of nitriles is 1. The van der Waals surface area contributed by atoms with Crippen LogP contribution < -0.4 is 0 Å². The van der Waals surface area contributed by atoms with Crippen molar-refractivity contribution in [2.24, 2.45) is 5.16 Å². The van der Waals surface area contributed by atoms with Crippen LogP contribution in [0.4, 0.5) is 0 Å². The van der Waals surface area contributed by atoms with Crippen LogP contribution in [0.25, 0.3) is 0 Å². The average Bonchev–Trinajstić information content (AvgIpc) is 2.19. The molecule has 0 saturated carbocycles. The van der Waals surface area contributed by atoms with E-state index in [4.69, 9.17) is 16.9 Å². The highest BCUT2D eigenvalue weighted by Crippen LogP contribution is 2.11. The fraction of sp³-hybridized carbons (Fsp3) is 0.200. The highest BCUT2D eigenvalue weighted by Gasteiger charge is 2.03. The number of hydrogen-bond donors (Lipinski definition) is 0. The van der Waals surface area contributed by atoms with Gasteiger partial charge in [0, 0.05) is 10.6 Å². The van der Waals surface area contributed by atoms with E-state index in [0.717, 1.165) is 5.56 Å². The van der Waals surface area contributed by atoms with Crippen LogP contribution >= 0.6 is 11.6 Å². The number of nitrogens with zero attached hydrogens (tertiary/aromatic N) is 2. The lowest BCUT2D eigenvalue weighted by molar-refractivity contribution is 0.213. The van der Waals surface area contributed by atoms with Gasteiger partial charge in [0.25, 0.3) is 0 Å². The van der Waals surface area contributed by atoms with E-state index in [1.165, 1.54) is 7.11 Å². The summed E-state index contributed by atoms with van der Waals surface area (Å²) in [6.07, 6.45) is 0.218. The van der Waals surface area contributed by atoms with Gasteiger partial charge in [0.15, 0.2) is 0 Å². The molecule has 1 aromatic carbocycles. The Labute approximate surface area is 87.5 Å². The van der Waals surface area contributed by atoms with Gasteiger partial charge in [-0.3, -0.25) is 0 Å². The van der Waals surface area contributed by atoms with E-state index in [0.29, 0.717) is 10.7 Å². The molecule has 0 atom stereocenters. The number of rotatable bonds is 3. The number of oxime groups is 1. The Morgan fingerprint density at radius 1 is 1.50 bits per heavy atom. The van der Waals surface area contributed by atoms with Crippen molar-refractivity contribution >= 4 is 17.3 Å². The van der Waals surface area contributed by atoms with Crippen LogP contribution in [0.2, 0.25) is 5.02 Å². The molecule has 0 saturated heterocycles. The molecule has 0 unspecified atom stereocenters. The third-order valence-corrected chi connectivity index (χ3v) is 1.88. The van der Waals surface area contributed by atoms with Crippen molar-refractivity contribution in [3.05, 3.63) is 34.9 Å². The molecule has 0 amide bonds. The van der Waals surface area contributed by atoms with Gasteiger partial charge in [-0.05, 0) is 12.1 Å². The van der Waals surface area contributed by atoms with Crippen LogP contribution in [-0.2, 0) is 4.84 Å². The largest absolute Gasteiger partial charge is 0.399 e. The van der Waals surface area contributed by atoms with Crippen LogP contribution in [0.5, 0.6) is 0 Å². The minimum absolute atomic E-state index is 0.218. The van der Waals surface area contributed by atoms with Crippen LogP contribution in [0.3, 0.4) is 0 Å². The maximum Gasteiger partial charge on any atom is 0.106 e. The summed E-state index contributed by atoms with van der Waals surface area (Å²) in [5.74, 6) is 0. The summed E-state index contributed by atoms with van der Waals surface area (Å²) >= 11 is 5.73. The molecular formula is C10H9ClN2O. The third-order valence-electron chi connectivity index (χ3n) is 1.63. The molecule has 0 spiro atoms. The van der Waals surface area contributed by atoms with Crippen molar-refractivity contribution in [1.82, 2.24) is 0 Å². The van der Waals surface area contributed by atoms with E-state index in [9.17, 15) is 0 Å². The molecule has 1 rings (SSSR count). The fourth-order valence-corrected chi connectivity index (χ4v) is 1.14. The molecule has 3 nitrogen and oxygen atoms in total. The van der Waals surface area contributed by atoms with E-state index in [1.807, 2.05) is 6.07 Å². The van der Waals surface area contributed by atoms with Crippen molar-refractivity contribution in [2.45, 2.75) is 6.42 Å². The Bertz CT molecular complexity index is 365. The summed E-state index contributed by atoms with van der Waals surface area (Å²) in [7, 11) is 1.45. The molecule has 4 heteroatoms. The van der Waals surface area contributed by atoms with E-state index < -0.39 is 0 Å². The Morgan fingerprint density at radius 2 is 2.14 bits per heavy atom. The SMILES string of the molecule is CON=C(CC#N)c1ccc(Cl)cc1. The van der Waals surface area contributed by atoms with Gasteiger partial charge < -0.3 is 4.84 Å². The predicted molar refractivity (Wildman–Crippen MR) is 55.2 cm³/mol. The van der Waals surface area contributed by atoms with Crippen LogP contribution in [-0.4, -0.2) is 12.8 Å². The lowest BCUT2D eigenvalue weighted by Gasteiger charge is -2.01. The van der Waals surface area contributed by atoms with Crippen LogP contribution in [0.15, 0.2) is 29.4 Å². The molecule has 0 bridgehead atoms. The van der Waals surface area contributed by atoms with Gasteiger partial charge in [-0.1, -0.05) is 28.9 Å². The predicted octanol–water partition coefficient (Wildman–Crippen LogP) is 2.60. The second kappa shape index (κ2) is 5.25. The molecule has 14 heavy (non-hydrogen) atoms. The first-order valence-corrected chi connectivity index (χ1v) is 4.38. The molecule has 0 aliphatic heterocycles. The summed E-state index contributed by atoms with van der Waals surface area (Å²) in [6.45, 7) is 0. The summed E-state index contributed by atoms with van der Waals surface area (Å²) in [6, 6.07) is 9.13. The van der Waals surface area contributed by atoms with E-state index >= 15 is 0 Å². The first-order chi connectivity index (χ1) is 6.77. The topological polar surface area (TPSA) is 45.4 Å². The molecule has 0 N–H and O–H groups in total. The zero-order chi connectivity index (χ0) is 10.4. The van der Waals surface area contributed by atoms with Crippen molar-refractivity contribution < 1.29 is 4.84 Å². The van der Waals surface area contributed by atoms with Gasteiger partial charge in [-0.25, -0.2) is 0 Å². The minimum Gasteiger partial charge on any atom is -0.399 e. The zero-order valence-electron chi connectivity index (χ0n) is 7.70. The maximum absolute atomic E-state index is 8.57. The normalized spacial score (nSPS) is 10.8. The zero-order valence-corrected chi connectivity index (χ0v) is 8.45. The number of hydrogen-bond acceptors (Lipinski definition) is 3. The number of benzene rings is 1. The van der Waals surface area contributed by atoms with Crippen molar-refractivity contribution in [2.75, 3.05) is 7.11 Å². The Morgan fingerprint density at radius 3 is 2.64 bits per heavy atom. The Kier molecular flexibility index (Phi) is 3.96. The molecule has 72 valence electrons. The monoisotopic (exact) mass is 208 g/mol. The second-order valence-corrected chi connectivity index (χ2v) is 3.00. The molecule has 0 radical (unpaired) electrons. The first-order valence-electron chi connectivity index (χ1n) is 4.01. The summed E-state index contributed by atoms with van der Waals surface area (Å²) in [4.78, 5) is 4.65. The van der Waals surface area contributed by atoms with Gasteiger partial charge in [-0.15, -0.1) is 0 Å². The quantitative estimate of drug-likeness (QED) is 0.566. The van der Waals surface area contributed by atoms with Gasteiger partial charge in [0.1, 0.15) is 12.8 Å². The Balaban J connectivity index is 2.95. The van der Waals surface area contributed by atoms with Crippen molar-refractivity contribution in [3.8, 4) is 6.07 Å². The van der Waals surface area contributed by atoms with Gasteiger partial charge in [0.05, 0.1) is 12.5 Å². The molecule has 1 aromatic rings. The van der Waals surface area contributed by atoms with Gasteiger partial charge in [-0.2, -0.15) is 5.26 Å². The molecule has 0 aliphatic rings. The lowest BCUT2D eigenvalue weighted by atomic mass is 10.1. The Hall–Kier alpha value is -1.53. The van der Waals surface area contributed by atoms with Gasteiger partial charge in [0.2, 0.25) is 0 Å². The van der Waals surface area contributed by atoms with Crippen molar-refractivity contribution in [3.63, 3.8) is 0 Å². The highest BCUT2D eigenvalue weighted by molar-refractivity contribution is 6.30. The second-order valence-electron chi connectivity index (χ2n) is 2.56. The minimum atomic E-state index is 0.218. The van der Waals surface area contributed by atoms with Crippen LogP contribution in [0.1, 0.15) is 12.0 Å². The maximum atomic E-state index is 8.57. The standard InChI is InChI=1S/C10H9ClN2O/c1-14-13-10(6-7-12)8-2-4-9(11)5-3-8/h2-5H,6H2,1H3. The molecule has 0 aliphatic carbocycles. The third kappa shape index (κ3) is 2.75. The number of halogens is 1. The lowest BCUT2D eigenvalue weighted by Crippen LogP contribution is -1.99. The van der Waals surface area contributed by atoms with E-state index in [2.05, 4.69) is 9.99 Å². The van der Waals surface area contributed by atoms with E-state index in [1.54, 1.807) is 24.3 Å². The smallest absolute Gasteiger partial charge is 0.106 e. The molecule has 0 heterocycles.